The molecule has 11 rings (SSSR count). The smallest absolute Gasteiger partial charge is 0.198 e. The van der Waals surface area contributed by atoms with Gasteiger partial charge in [0.15, 0.2) is 7.28 Å². The highest BCUT2D eigenvalue weighted by atomic mass is 32.1. The molecule has 2 nitrogen and oxygen atoms in total. The minimum Gasteiger partial charge on any atom is -0.354 e. The van der Waals surface area contributed by atoms with E-state index in [4.69, 9.17) is 0 Å². The third kappa shape index (κ3) is 5.02. The Labute approximate surface area is 326 Å². The zero-order chi connectivity index (χ0) is 36.7. The van der Waals surface area contributed by atoms with E-state index < -0.39 is 0 Å². The molecule has 3 heterocycles. The van der Waals surface area contributed by atoms with E-state index in [9.17, 15) is 0 Å². The Morgan fingerprint density at radius 1 is 0.509 bits per heavy atom. The number of anilines is 5. The van der Waals surface area contributed by atoms with Crippen LogP contribution in [0.25, 0.3) is 53.6 Å². The van der Waals surface area contributed by atoms with Crippen molar-refractivity contribution in [3.63, 3.8) is 0 Å². The van der Waals surface area contributed by atoms with E-state index >= 15 is 0 Å². The van der Waals surface area contributed by atoms with Gasteiger partial charge < -0.3 is 10.2 Å². The van der Waals surface area contributed by atoms with Gasteiger partial charge in [-0.2, -0.15) is 0 Å². The summed E-state index contributed by atoms with van der Waals surface area (Å²) in [5, 5.41) is 6.63. The van der Waals surface area contributed by atoms with Gasteiger partial charge in [-0.3, -0.25) is 0 Å². The highest BCUT2D eigenvalue weighted by Gasteiger charge is 2.41. The standard InChI is InChI=1S/C51H37BN2S/c1-51(2)40-21-10-11-25-45(40)54-46-31-35(33-17-7-4-8-18-33)29-39(48(46)52-42-23-14-22-41(51)49(42)54)36-28-27-34(32-15-5-3-6-16-32)30-44(36)53-43-24-13-20-38-37-19-9-12-26-47(37)55-50(38)43/h3-31,52-53H,1-2H3. The monoisotopic (exact) mass is 720 g/mol. The Hall–Kier alpha value is -6.36. The maximum atomic E-state index is 4.04. The molecule has 0 unspecified atom stereocenters. The summed E-state index contributed by atoms with van der Waals surface area (Å²) in [7, 11) is 0.851. The van der Waals surface area contributed by atoms with Crippen LogP contribution >= 0.6 is 11.3 Å². The first kappa shape index (κ1) is 32.1. The van der Waals surface area contributed by atoms with E-state index in [-0.39, 0.29) is 5.41 Å². The van der Waals surface area contributed by atoms with E-state index in [0.717, 1.165) is 18.7 Å². The number of thiophene rings is 1. The molecule has 0 fully saturated rings. The second kappa shape index (κ2) is 12.3. The number of hydrogen-bond acceptors (Lipinski definition) is 3. The first-order valence-electron chi connectivity index (χ1n) is 19.1. The number of fused-ring (bicyclic) bond motifs is 7. The van der Waals surface area contributed by atoms with Crippen LogP contribution in [-0.4, -0.2) is 7.28 Å². The van der Waals surface area contributed by atoms with Gasteiger partial charge in [-0.1, -0.05) is 159 Å². The summed E-state index contributed by atoms with van der Waals surface area (Å²) in [5.41, 5.74) is 18.6. The fraction of sp³-hybridized carbons (Fsp3) is 0.0588. The molecule has 0 saturated carbocycles. The summed E-state index contributed by atoms with van der Waals surface area (Å²) >= 11 is 1.86. The van der Waals surface area contributed by atoms with Gasteiger partial charge in [-0.15, -0.1) is 11.3 Å². The molecule has 9 aromatic rings. The van der Waals surface area contributed by atoms with Gasteiger partial charge in [0, 0.05) is 43.5 Å². The highest BCUT2D eigenvalue weighted by molar-refractivity contribution is 7.26. The molecule has 0 amide bonds. The predicted molar refractivity (Wildman–Crippen MR) is 239 cm³/mol. The number of hydrogen-bond donors (Lipinski definition) is 1. The fourth-order valence-electron chi connectivity index (χ4n) is 9.17. The van der Waals surface area contributed by atoms with Gasteiger partial charge in [-0.05, 0) is 80.8 Å². The van der Waals surface area contributed by atoms with E-state index in [0.29, 0.717) is 0 Å². The summed E-state index contributed by atoms with van der Waals surface area (Å²) in [6.45, 7) is 4.76. The van der Waals surface area contributed by atoms with Crippen LogP contribution in [-0.2, 0) is 5.41 Å². The molecule has 2 aliphatic rings. The average molecular weight is 721 g/mol. The molecule has 0 aliphatic carbocycles. The molecule has 0 atom stereocenters. The number of rotatable bonds is 5. The molecule has 260 valence electrons. The van der Waals surface area contributed by atoms with E-state index in [1.54, 1.807) is 0 Å². The van der Waals surface area contributed by atoms with Gasteiger partial charge in [0.05, 0.1) is 16.1 Å². The van der Waals surface area contributed by atoms with E-state index in [2.05, 4.69) is 200 Å². The molecule has 0 radical (unpaired) electrons. The van der Waals surface area contributed by atoms with Crippen molar-refractivity contribution >= 4 is 78.2 Å². The molecule has 55 heavy (non-hydrogen) atoms. The lowest BCUT2D eigenvalue weighted by atomic mass is 9.55. The molecule has 2 aliphatic heterocycles. The van der Waals surface area contributed by atoms with Gasteiger partial charge in [0.25, 0.3) is 0 Å². The van der Waals surface area contributed by atoms with E-state index in [1.807, 2.05) is 11.3 Å². The van der Waals surface area contributed by atoms with Crippen LogP contribution in [0.2, 0.25) is 0 Å². The Bertz CT molecular complexity index is 2960. The lowest BCUT2D eigenvalue weighted by molar-refractivity contribution is 0.632. The van der Waals surface area contributed by atoms with Crippen LogP contribution in [0.1, 0.15) is 25.0 Å². The maximum absolute atomic E-state index is 4.04. The largest absolute Gasteiger partial charge is 0.354 e. The Morgan fingerprint density at radius 2 is 1.20 bits per heavy atom. The Kier molecular flexibility index (Phi) is 7.21. The predicted octanol–water partition coefficient (Wildman–Crippen LogP) is 12.6. The van der Waals surface area contributed by atoms with Crippen LogP contribution in [0.4, 0.5) is 28.4 Å². The Balaban J connectivity index is 1.18. The molecule has 8 aromatic carbocycles. The van der Waals surface area contributed by atoms with E-state index in [1.165, 1.54) is 92.7 Å². The maximum Gasteiger partial charge on any atom is 0.198 e. The molecular weight excluding hydrogens is 683 g/mol. The van der Waals surface area contributed by atoms with Crippen LogP contribution in [0.5, 0.6) is 0 Å². The molecule has 4 heteroatoms. The SMILES string of the molecule is CC1(C)c2ccccc2N2c3cc(-c4ccccc4)cc(-c4ccc(-c5ccccc5)cc4Nc4cccc5c4sc4ccccc45)c3Bc3cccc1c32. The van der Waals surface area contributed by atoms with Crippen molar-refractivity contribution in [1.82, 2.24) is 0 Å². The van der Waals surface area contributed by atoms with Crippen molar-refractivity contribution in [2.24, 2.45) is 0 Å². The summed E-state index contributed by atoms with van der Waals surface area (Å²) in [5.74, 6) is 0. The number of para-hydroxylation sites is 2. The summed E-state index contributed by atoms with van der Waals surface area (Å²) < 4.78 is 2.58. The molecule has 1 aromatic heterocycles. The Morgan fingerprint density at radius 3 is 2.04 bits per heavy atom. The molecule has 0 bridgehead atoms. The fourth-order valence-corrected chi connectivity index (χ4v) is 10.3. The van der Waals surface area contributed by atoms with Crippen molar-refractivity contribution in [2.45, 2.75) is 19.3 Å². The summed E-state index contributed by atoms with van der Waals surface area (Å²) in [6.07, 6.45) is 0. The second-order valence-corrected chi connectivity index (χ2v) is 16.4. The van der Waals surface area contributed by atoms with Crippen LogP contribution < -0.4 is 21.1 Å². The molecular formula is C51H37BN2S. The van der Waals surface area contributed by atoms with Gasteiger partial charge in [0.1, 0.15) is 0 Å². The lowest BCUT2D eigenvalue weighted by Crippen LogP contribution is -2.45. The normalized spacial score (nSPS) is 13.5. The topological polar surface area (TPSA) is 15.3 Å². The van der Waals surface area contributed by atoms with Crippen LogP contribution in [0.3, 0.4) is 0 Å². The first-order chi connectivity index (χ1) is 27.0. The van der Waals surface area contributed by atoms with Gasteiger partial charge in [0.2, 0.25) is 0 Å². The van der Waals surface area contributed by atoms with Crippen LogP contribution in [0.15, 0.2) is 176 Å². The minimum atomic E-state index is -0.117. The zero-order valence-electron chi connectivity index (χ0n) is 30.8. The average Bonchev–Trinajstić information content (AvgIpc) is 3.62. The van der Waals surface area contributed by atoms with Gasteiger partial charge >= 0.3 is 0 Å². The first-order valence-corrected chi connectivity index (χ1v) is 20.0. The quantitative estimate of drug-likeness (QED) is 0.178. The van der Waals surface area contributed by atoms with Crippen molar-refractivity contribution in [2.75, 3.05) is 10.2 Å². The minimum absolute atomic E-state index is 0.117. The summed E-state index contributed by atoms with van der Waals surface area (Å²) in [4.78, 5) is 2.57. The number of nitrogens with one attached hydrogen (secondary N) is 1. The molecule has 0 saturated heterocycles. The van der Waals surface area contributed by atoms with Crippen molar-refractivity contribution in [3.05, 3.63) is 187 Å². The third-order valence-electron chi connectivity index (χ3n) is 11.9. The second-order valence-electron chi connectivity index (χ2n) is 15.4. The van der Waals surface area contributed by atoms with Gasteiger partial charge in [-0.25, -0.2) is 0 Å². The van der Waals surface area contributed by atoms with Crippen molar-refractivity contribution in [3.8, 4) is 33.4 Å². The lowest BCUT2D eigenvalue weighted by Gasteiger charge is -2.46. The van der Waals surface area contributed by atoms with Crippen molar-refractivity contribution in [1.29, 1.82) is 0 Å². The highest BCUT2D eigenvalue weighted by Crippen LogP contribution is 2.53. The number of benzene rings is 8. The van der Waals surface area contributed by atoms with Crippen molar-refractivity contribution < 1.29 is 0 Å². The third-order valence-corrected chi connectivity index (χ3v) is 13.1. The zero-order valence-corrected chi connectivity index (χ0v) is 31.6. The number of nitrogens with zero attached hydrogens (tertiary/aromatic N) is 1. The summed E-state index contributed by atoms with van der Waals surface area (Å²) in [6, 6.07) is 64.9. The molecule has 1 N–H and O–H groups in total. The van der Waals surface area contributed by atoms with Crippen LogP contribution in [0, 0.1) is 0 Å². The molecule has 0 spiro atoms.